The van der Waals surface area contributed by atoms with Crippen LogP contribution in [-0.2, 0) is 22.6 Å². The van der Waals surface area contributed by atoms with Crippen molar-refractivity contribution in [2.75, 3.05) is 63.6 Å². The summed E-state index contributed by atoms with van der Waals surface area (Å²) in [4.78, 5) is 46.7. The van der Waals surface area contributed by atoms with Crippen LogP contribution in [0.5, 0.6) is 0 Å². The van der Waals surface area contributed by atoms with E-state index in [2.05, 4.69) is 26.9 Å². The summed E-state index contributed by atoms with van der Waals surface area (Å²) >= 11 is 0. The molecule has 2 aromatic rings. The maximum Gasteiger partial charge on any atom is 0.330 e. The molecule has 0 unspecified atom stereocenters. The van der Waals surface area contributed by atoms with Gasteiger partial charge in [0.15, 0.2) is 5.69 Å². The molecule has 10 heteroatoms. The minimum Gasteiger partial charge on any atom is -0.383 e. The number of H-pyrrole nitrogens is 1. The maximum atomic E-state index is 13.4. The summed E-state index contributed by atoms with van der Waals surface area (Å²) in [6.45, 7) is 7.18. The van der Waals surface area contributed by atoms with Crippen LogP contribution in [-0.4, -0.2) is 78.2 Å². The summed E-state index contributed by atoms with van der Waals surface area (Å²) < 4.78 is 6.52. The fraction of sp³-hybridized carbons (Fsp3) is 0.560. The Bertz CT molecular complexity index is 1070. The second kappa shape index (κ2) is 13.2. The molecule has 35 heavy (non-hydrogen) atoms. The van der Waals surface area contributed by atoms with Crippen LogP contribution in [0.1, 0.15) is 31.7 Å². The fourth-order valence-corrected chi connectivity index (χ4v) is 4.38. The Labute approximate surface area is 206 Å². The highest BCUT2D eigenvalue weighted by molar-refractivity contribution is 5.96. The molecule has 3 rings (SSSR count). The number of rotatable bonds is 11. The monoisotopic (exact) mass is 486 g/mol. The largest absolute Gasteiger partial charge is 0.383 e. The molecular formula is C25H38N6O4. The van der Waals surface area contributed by atoms with E-state index in [1.165, 1.54) is 22.1 Å². The Morgan fingerprint density at radius 3 is 2.54 bits per heavy atom. The molecule has 0 aliphatic carbocycles. The number of ether oxygens (including phenoxy) is 1. The number of benzene rings is 1. The molecule has 1 aromatic heterocycles. The SMILES string of the molecule is CCCCn1c(N)c(N(CCOC)C(=O)CN2CCCN(Cc3ccccc3)CC2)c(=O)[nH]c1=O. The zero-order chi connectivity index (χ0) is 25.2. The van der Waals surface area contributed by atoms with E-state index >= 15 is 0 Å². The van der Waals surface area contributed by atoms with Crippen molar-refractivity contribution in [1.82, 2.24) is 19.4 Å². The molecule has 1 amide bonds. The average molecular weight is 487 g/mol. The number of nitrogens with one attached hydrogen (secondary N) is 1. The molecule has 3 N–H and O–H groups in total. The van der Waals surface area contributed by atoms with Gasteiger partial charge in [0.1, 0.15) is 5.82 Å². The van der Waals surface area contributed by atoms with E-state index in [0.717, 1.165) is 52.0 Å². The van der Waals surface area contributed by atoms with Gasteiger partial charge in [-0.1, -0.05) is 43.7 Å². The van der Waals surface area contributed by atoms with Crippen molar-refractivity contribution >= 4 is 17.4 Å². The third-order valence-corrected chi connectivity index (χ3v) is 6.33. The Kier molecular flexibility index (Phi) is 10.1. The van der Waals surface area contributed by atoms with Crippen molar-refractivity contribution in [2.45, 2.75) is 39.3 Å². The van der Waals surface area contributed by atoms with Gasteiger partial charge in [0.2, 0.25) is 5.91 Å². The number of methoxy groups -OCH3 is 1. The summed E-state index contributed by atoms with van der Waals surface area (Å²) in [6.07, 6.45) is 2.54. The number of unbranched alkanes of at least 4 members (excludes halogenated alkanes) is 1. The van der Waals surface area contributed by atoms with Gasteiger partial charge in [0.25, 0.3) is 5.56 Å². The number of aromatic nitrogens is 2. The van der Waals surface area contributed by atoms with Crippen molar-refractivity contribution in [2.24, 2.45) is 0 Å². The summed E-state index contributed by atoms with van der Waals surface area (Å²) in [7, 11) is 1.54. The van der Waals surface area contributed by atoms with Gasteiger partial charge in [-0.05, 0) is 31.5 Å². The molecule has 1 saturated heterocycles. The molecule has 0 bridgehead atoms. The van der Waals surface area contributed by atoms with Gasteiger partial charge in [0.05, 0.1) is 13.2 Å². The normalized spacial score (nSPS) is 15.1. The minimum absolute atomic E-state index is 0.0153. The van der Waals surface area contributed by atoms with Crippen molar-refractivity contribution in [3.8, 4) is 0 Å². The quantitative estimate of drug-likeness (QED) is 0.489. The van der Waals surface area contributed by atoms with Gasteiger partial charge in [-0.3, -0.25) is 28.9 Å². The molecular weight excluding hydrogens is 448 g/mol. The van der Waals surface area contributed by atoms with Crippen LogP contribution < -0.4 is 21.9 Å². The van der Waals surface area contributed by atoms with Crippen LogP contribution in [0.15, 0.2) is 39.9 Å². The van der Waals surface area contributed by atoms with E-state index in [0.29, 0.717) is 6.54 Å². The smallest absolute Gasteiger partial charge is 0.330 e. The number of nitrogens with two attached hydrogens (primary N) is 1. The number of amides is 1. The molecule has 1 aliphatic heterocycles. The molecule has 2 heterocycles. The second-order valence-corrected chi connectivity index (χ2v) is 8.93. The van der Waals surface area contributed by atoms with Crippen LogP contribution in [0, 0.1) is 0 Å². The number of hydrogen-bond acceptors (Lipinski definition) is 7. The first-order chi connectivity index (χ1) is 16.9. The van der Waals surface area contributed by atoms with Crippen molar-refractivity contribution in [1.29, 1.82) is 0 Å². The first-order valence-electron chi connectivity index (χ1n) is 12.3. The topological polar surface area (TPSA) is 117 Å². The van der Waals surface area contributed by atoms with Crippen LogP contribution in [0.3, 0.4) is 0 Å². The van der Waals surface area contributed by atoms with E-state index in [4.69, 9.17) is 10.5 Å². The summed E-state index contributed by atoms with van der Waals surface area (Å²) in [6, 6.07) is 10.4. The second-order valence-electron chi connectivity index (χ2n) is 8.93. The molecule has 1 aliphatic rings. The van der Waals surface area contributed by atoms with E-state index in [-0.39, 0.29) is 37.1 Å². The standard InChI is InChI=1S/C25H38N6O4/c1-3-4-13-31-23(26)22(24(33)27-25(31)34)30(16-17-35-2)21(32)19-29-12-8-11-28(14-15-29)18-20-9-6-5-7-10-20/h5-7,9-10H,3-4,8,11-19,26H2,1-2H3,(H,27,33,34). The van der Waals surface area contributed by atoms with E-state index < -0.39 is 11.2 Å². The molecule has 0 radical (unpaired) electrons. The van der Waals surface area contributed by atoms with Crippen LogP contribution in [0.25, 0.3) is 0 Å². The summed E-state index contributed by atoms with van der Waals surface area (Å²) in [5.41, 5.74) is 6.35. The van der Waals surface area contributed by atoms with Crippen molar-refractivity contribution < 1.29 is 9.53 Å². The van der Waals surface area contributed by atoms with Crippen molar-refractivity contribution in [3.63, 3.8) is 0 Å². The van der Waals surface area contributed by atoms with Gasteiger partial charge >= 0.3 is 5.69 Å². The summed E-state index contributed by atoms with van der Waals surface area (Å²) in [5.74, 6) is -0.224. The summed E-state index contributed by atoms with van der Waals surface area (Å²) in [5, 5.41) is 0. The number of aromatic amines is 1. The minimum atomic E-state index is -0.658. The molecule has 1 aromatic carbocycles. The molecule has 192 valence electrons. The number of carbonyl (C=O) groups excluding carboxylic acids is 1. The zero-order valence-electron chi connectivity index (χ0n) is 20.9. The lowest BCUT2D eigenvalue weighted by Gasteiger charge is -2.27. The first kappa shape index (κ1) is 26.7. The molecule has 10 nitrogen and oxygen atoms in total. The van der Waals surface area contributed by atoms with Gasteiger partial charge in [-0.15, -0.1) is 0 Å². The van der Waals surface area contributed by atoms with Gasteiger partial charge in [0, 0.05) is 39.8 Å². The number of nitrogen functional groups attached to an aromatic ring is 1. The first-order valence-corrected chi connectivity index (χ1v) is 12.3. The lowest BCUT2D eigenvalue weighted by molar-refractivity contribution is -0.119. The van der Waals surface area contributed by atoms with Crippen LogP contribution in [0.2, 0.25) is 0 Å². The van der Waals surface area contributed by atoms with E-state index in [1.54, 1.807) is 0 Å². The highest BCUT2D eigenvalue weighted by Gasteiger charge is 2.26. The fourth-order valence-electron chi connectivity index (χ4n) is 4.38. The Morgan fingerprint density at radius 1 is 1.11 bits per heavy atom. The predicted molar refractivity (Wildman–Crippen MR) is 138 cm³/mol. The molecule has 0 spiro atoms. The highest BCUT2D eigenvalue weighted by Crippen LogP contribution is 2.18. The zero-order valence-corrected chi connectivity index (χ0v) is 20.9. The van der Waals surface area contributed by atoms with E-state index in [9.17, 15) is 14.4 Å². The average Bonchev–Trinajstić information content (AvgIpc) is 3.06. The molecule has 1 fully saturated rings. The van der Waals surface area contributed by atoms with Gasteiger partial charge in [-0.2, -0.15) is 0 Å². The maximum absolute atomic E-state index is 13.4. The third kappa shape index (κ3) is 7.27. The van der Waals surface area contributed by atoms with Gasteiger partial charge < -0.3 is 15.4 Å². The highest BCUT2D eigenvalue weighted by atomic mass is 16.5. The number of nitrogens with zero attached hydrogens (tertiary/aromatic N) is 4. The Balaban J connectivity index is 1.74. The number of anilines is 2. The van der Waals surface area contributed by atoms with Crippen LogP contribution in [0.4, 0.5) is 11.5 Å². The molecule has 0 saturated carbocycles. The Hall–Kier alpha value is -2.95. The van der Waals surface area contributed by atoms with E-state index in [1.807, 2.05) is 25.1 Å². The van der Waals surface area contributed by atoms with Gasteiger partial charge in [-0.25, -0.2) is 4.79 Å². The number of carbonyl (C=O) groups is 1. The Morgan fingerprint density at radius 2 is 1.83 bits per heavy atom. The molecule has 0 atom stereocenters. The van der Waals surface area contributed by atoms with Crippen molar-refractivity contribution in [3.05, 3.63) is 56.7 Å². The predicted octanol–water partition coefficient (Wildman–Crippen LogP) is 1.11. The third-order valence-electron chi connectivity index (χ3n) is 6.33. The lowest BCUT2D eigenvalue weighted by atomic mass is 10.2. The lowest BCUT2D eigenvalue weighted by Crippen LogP contribution is -2.47. The number of hydrogen-bond donors (Lipinski definition) is 2. The van der Waals surface area contributed by atoms with Crippen LogP contribution >= 0.6 is 0 Å².